The van der Waals surface area contributed by atoms with Crippen LogP contribution in [0.15, 0.2) is 24.3 Å². The molecule has 2 bridgehead atoms. The van der Waals surface area contributed by atoms with E-state index < -0.39 is 0 Å². The van der Waals surface area contributed by atoms with Crippen molar-refractivity contribution in [3.05, 3.63) is 35.4 Å². The number of benzene rings is 1. The first-order chi connectivity index (χ1) is 10.7. The Labute approximate surface area is 132 Å². The molecule has 1 aromatic rings. The summed E-state index contributed by atoms with van der Waals surface area (Å²) in [6, 6.07) is 8.79. The molecule has 2 fully saturated rings. The Morgan fingerprint density at radius 2 is 2.00 bits per heavy atom. The lowest BCUT2D eigenvalue weighted by Gasteiger charge is -2.29. The van der Waals surface area contributed by atoms with Crippen molar-refractivity contribution in [3.8, 4) is 0 Å². The van der Waals surface area contributed by atoms with Crippen molar-refractivity contribution in [2.45, 2.75) is 50.5 Å². The first-order valence-electron chi connectivity index (χ1n) is 8.85. The highest BCUT2D eigenvalue weighted by Crippen LogP contribution is 2.47. The molecule has 5 unspecified atom stereocenters. The summed E-state index contributed by atoms with van der Waals surface area (Å²) in [7, 11) is 0. The molecular weight excluding hydrogens is 272 g/mol. The van der Waals surface area contributed by atoms with Crippen LogP contribution >= 0.6 is 0 Å². The van der Waals surface area contributed by atoms with E-state index in [2.05, 4.69) is 29.6 Å². The molecule has 4 rings (SSSR count). The van der Waals surface area contributed by atoms with Gasteiger partial charge in [0.2, 0.25) is 5.91 Å². The van der Waals surface area contributed by atoms with Crippen LogP contribution in [0.5, 0.6) is 0 Å². The third kappa shape index (κ3) is 2.36. The molecule has 118 valence electrons. The van der Waals surface area contributed by atoms with Gasteiger partial charge in [0.05, 0.1) is 5.92 Å². The zero-order valence-electron chi connectivity index (χ0n) is 13.1. The van der Waals surface area contributed by atoms with Crippen molar-refractivity contribution in [2.75, 3.05) is 6.54 Å². The van der Waals surface area contributed by atoms with Crippen molar-refractivity contribution in [2.24, 2.45) is 23.5 Å². The highest BCUT2D eigenvalue weighted by Gasteiger charge is 2.49. The summed E-state index contributed by atoms with van der Waals surface area (Å²) in [4.78, 5) is 12.6. The molecule has 1 amide bonds. The Balaban J connectivity index is 1.40. The van der Waals surface area contributed by atoms with Crippen molar-refractivity contribution in [1.82, 2.24) is 5.32 Å². The minimum atomic E-state index is 0.0672. The van der Waals surface area contributed by atoms with Gasteiger partial charge in [0, 0.05) is 18.5 Å². The van der Waals surface area contributed by atoms with E-state index in [4.69, 9.17) is 5.73 Å². The quantitative estimate of drug-likeness (QED) is 0.901. The van der Waals surface area contributed by atoms with Crippen molar-refractivity contribution < 1.29 is 4.79 Å². The van der Waals surface area contributed by atoms with Gasteiger partial charge in [-0.2, -0.15) is 0 Å². The molecule has 5 atom stereocenters. The minimum absolute atomic E-state index is 0.0672. The van der Waals surface area contributed by atoms with Gasteiger partial charge < -0.3 is 11.1 Å². The second-order valence-corrected chi connectivity index (χ2v) is 7.47. The number of hydrogen-bond donors (Lipinski definition) is 2. The Kier molecular flexibility index (Phi) is 3.69. The van der Waals surface area contributed by atoms with E-state index >= 15 is 0 Å². The summed E-state index contributed by atoms with van der Waals surface area (Å²) in [6.45, 7) is 0.774. The number of nitrogens with one attached hydrogen (secondary N) is 1. The number of carbonyl (C=O) groups excluding carboxylic acids is 1. The maximum atomic E-state index is 12.6. The average Bonchev–Trinajstić information content (AvgIpc) is 3.13. The Morgan fingerprint density at radius 1 is 1.18 bits per heavy atom. The normalized spacial score (nSPS) is 36.1. The maximum absolute atomic E-state index is 12.6. The van der Waals surface area contributed by atoms with Crippen LogP contribution in [0.2, 0.25) is 0 Å². The lowest BCUT2D eigenvalue weighted by Crippen LogP contribution is -2.46. The number of fused-ring (bicyclic) bond motifs is 3. The van der Waals surface area contributed by atoms with E-state index in [1.807, 2.05) is 0 Å². The molecule has 1 aromatic carbocycles. The molecule has 0 aromatic heterocycles. The van der Waals surface area contributed by atoms with Crippen LogP contribution in [0.3, 0.4) is 0 Å². The fraction of sp³-hybridized carbons (Fsp3) is 0.632. The molecule has 3 aliphatic rings. The second-order valence-electron chi connectivity index (χ2n) is 7.47. The van der Waals surface area contributed by atoms with Crippen LogP contribution in [0.1, 0.15) is 49.1 Å². The number of rotatable bonds is 3. The molecule has 22 heavy (non-hydrogen) atoms. The molecule has 3 heteroatoms. The third-order valence-electron chi connectivity index (χ3n) is 6.30. The van der Waals surface area contributed by atoms with Gasteiger partial charge in [-0.1, -0.05) is 24.3 Å². The standard InChI is InChI=1S/C19H26N2O/c20-18-14-9-8-13(10-14)17(18)19(22)21-11-15-6-3-5-12-4-1-2-7-16(12)15/h1-2,4,7,13-15,17-18H,3,5-6,8-11,20H2,(H,21,22). The van der Waals surface area contributed by atoms with E-state index in [9.17, 15) is 4.79 Å². The number of carbonyl (C=O) groups is 1. The summed E-state index contributed by atoms with van der Waals surface area (Å²) in [5.74, 6) is 1.89. The lowest BCUT2D eigenvalue weighted by atomic mass is 9.82. The molecule has 2 saturated carbocycles. The number of aryl methyl sites for hydroxylation is 1. The second kappa shape index (κ2) is 5.69. The molecule has 0 saturated heterocycles. The highest BCUT2D eigenvalue weighted by molar-refractivity contribution is 5.80. The van der Waals surface area contributed by atoms with Crippen molar-refractivity contribution in [1.29, 1.82) is 0 Å². The molecule has 3 N–H and O–H groups in total. The molecule has 0 spiro atoms. The van der Waals surface area contributed by atoms with Gasteiger partial charge >= 0.3 is 0 Å². The SMILES string of the molecule is NC1C2CCC(C2)C1C(=O)NCC1CCCc2ccccc21. The van der Waals surface area contributed by atoms with Crippen LogP contribution in [0.4, 0.5) is 0 Å². The maximum Gasteiger partial charge on any atom is 0.224 e. The van der Waals surface area contributed by atoms with Gasteiger partial charge in [-0.3, -0.25) is 4.79 Å². The van der Waals surface area contributed by atoms with Crippen LogP contribution < -0.4 is 11.1 Å². The molecule has 3 nitrogen and oxygen atoms in total. The molecular formula is C19H26N2O. The van der Waals surface area contributed by atoms with Crippen LogP contribution in [0, 0.1) is 17.8 Å². The predicted molar refractivity (Wildman–Crippen MR) is 87.4 cm³/mol. The Hall–Kier alpha value is -1.35. The van der Waals surface area contributed by atoms with E-state index in [0.29, 0.717) is 17.8 Å². The minimum Gasteiger partial charge on any atom is -0.355 e. The van der Waals surface area contributed by atoms with E-state index in [-0.39, 0.29) is 17.9 Å². The zero-order chi connectivity index (χ0) is 15.1. The van der Waals surface area contributed by atoms with E-state index in [0.717, 1.165) is 6.54 Å². The summed E-state index contributed by atoms with van der Waals surface area (Å²) < 4.78 is 0. The smallest absolute Gasteiger partial charge is 0.224 e. The predicted octanol–water partition coefficient (Wildman–Crippen LogP) is 2.60. The molecule has 0 radical (unpaired) electrons. The van der Waals surface area contributed by atoms with E-state index in [1.165, 1.54) is 49.7 Å². The van der Waals surface area contributed by atoms with Crippen LogP contribution in [-0.2, 0) is 11.2 Å². The monoisotopic (exact) mass is 298 g/mol. The summed E-state index contributed by atoms with van der Waals surface area (Å²) >= 11 is 0. The summed E-state index contributed by atoms with van der Waals surface area (Å²) in [5.41, 5.74) is 9.19. The largest absolute Gasteiger partial charge is 0.355 e. The highest BCUT2D eigenvalue weighted by atomic mass is 16.1. The number of hydrogen-bond acceptors (Lipinski definition) is 2. The summed E-state index contributed by atoms with van der Waals surface area (Å²) in [5, 5.41) is 3.23. The molecule has 0 heterocycles. The van der Waals surface area contributed by atoms with Gasteiger partial charge in [-0.25, -0.2) is 0 Å². The first-order valence-corrected chi connectivity index (χ1v) is 8.85. The first kappa shape index (κ1) is 14.3. The van der Waals surface area contributed by atoms with Crippen LogP contribution in [0.25, 0.3) is 0 Å². The topological polar surface area (TPSA) is 55.1 Å². The Bertz CT molecular complexity index is 568. The number of nitrogens with two attached hydrogens (primary N) is 1. The fourth-order valence-corrected chi connectivity index (χ4v) is 5.13. The molecule has 3 aliphatic carbocycles. The zero-order valence-corrected chi connectivity index (χ0v) is 13.1. The van der Waals surface area contributed by atoms with Gasteiger partial charge in [0.15, 0.2) is 0 Å². The van der Waals surface area contributed by atoms with Gasteiger partial charge in [0.1, 0.15) is 0 Å². The Morgan fingerprint density at radius 3 is 2.82 bits per heavy atom. The van der Waals surface area contributed by atoms with Gasteiger partial charge in [-0.05, 0) is 61.5 Å². The fourth-order valence-electron chi connectivity index (χ4n) is 5.13. The van der Waals surface area contributed by atoms with Crippen molar-refractivity contribution >= 4 is 5.91 Å². The lowest BCUT2D eigenvalue weighted by molar-refractivity contribution is -0.127. The van der Waals surface area contributed by atoms with Crippen LogP contribution in [-0.4, -0.2) is 18.5 Å². The van der Waals surface area contributed by atoms with E-state index in [1.54, 1.807) is 0 Å². The molecule has 0 aliphatic heterocycles. The number of amides is 1. The van der Waals surface area contributed by atoms with Gasteiger partial charge in [-0.15, -0.1) is 0 Å². The van der Waals surface area contributed by atoms with Gasteiger partial charge in [0.25, 0.3) is 0 Å². The van der Waals surface area contributed by atoms with Crippen molar-refractivity contribution in [3.63, 3.8) is 0 Å². The average molecular weight is 298 g/mol. The third-order valence-corrected chi connectivity index (χ3v) is 6.30. The summed E-state index contributed by atoms with van der Waals surface area (Å²) in [6.07, 6.45) is 7.18.